The van der Waals surface area contributed by atoms with E-state index in [0.29, 0.717) is 17.3 Å². The Bertz CT molecular complexity index is 1700. The van der Waals surface area contributed by atoms with Gasteiger partial charge in [0.15, 0.2) is 0 Å². The second-order valence-electron chi connectivity index (χ2n) is 10.8. The van der Waals surface area contributed by atoms with E-state index in [4.69, 9.17) is 5.26 Å². The third-order valence-electron chi connectivity index (χ3n) is 7.63. The van der Waals surface area contributed by atoms with Gasteiger partial charge < -0.3 is 15.7 Å². The van der Waals surface area contributed by atoms with Gasteiger partial charge in [-0.2, -0.15) is 18.4 Å². The lowest BCUT2D eigenvalue weighted by Gasteiger charge is -2.40. The van der Waals surface area contributed by atoms with Gasteiger partial charge in [0.05, 0.1) is 23.5 Å². The van der Waals surface area contributed by atoms with E-state index >= 15 is 0 Å². The minimum Gasteiger partial charge on any atom is -0.379 e. The first kappa shape index (κ1) is 32.7. The van der Waals surface area contributed by atoms with Gasteiger partial charge in [-0.15, -0.1) is 0 Å². The molecular weight excluding hydrogens is 597 g/mol. The quantitative estimate of drug-likeness (QED) is 0.328. The van der Waals surface area contributed by atoms with Gasteiger partial charge in [-0.05, 0) is 65.8 Å². The number of anilines is 2. The predicted octanol–water partition coefficient (Wildman–Crippen LogP) is 4.79. The molecule has 0 aliphatic carbocycles. The Morgan fingerprint density at radius 2 is 1.61 bits per heavy atom. The number of sulfonamides is 1. The second kappa shape index (κ2) is 12.8. The molecule has 4 rings (SSSR count). The molecule has 232 valence electrons. The molecule has 13 heteroatoms. The zero-order valence-electron chi connectivity index (χ0n) is 24.0. The van der Waals surface area contributed by atoms with Gasteiger partial charge >= 0.3 is 6.18 Å². The Kier molecular flexibility index (Phi) is 9.48. The van der Waals surface area contributed by atoms with E-state index in [1.807, 2.05) is 6.07 Å². The molecule has 1 saturated heterocycles. The van der Waals surface area contributed by atoms with Crippen LogP contribution in [0, 0.1) is 17.2 Å². The highest BCUT2D eigenvalue weighted by molar-refractivity contribution is 7.88. The van der Waals surface area contributed by atoms with E-state index in [1.165, 1.54) is 17.3 Å². The zero-order chi connectivity index (χ0) is 32.3. The molecule has 1 aliphatic rings. The minimum atomic E-state index is -4.85. The molecule has 0 radical (unpaired) electrons. The van der Waals surface area contributed by atoms with E-state index in [-0.39, 0.29) is 43.9 Å². The number of halogens is 3. The van der Waals surface area contributed by atoms with Crippen molar-refractivity contribution < 1.29 is 36.3 Å². The number of piperidine rings is 1. The van der Waals surface area contributed by atoms with Crippen LogP contribution in [0.2, 0.25) is 0 Å². The molecule has 3 aromatic rings. The molecule has 1 fully saturated rings. The number of aliphatic hydroxyl groups is 1. The largest absolute Gasteiger partial charge is 0.417 e. The number of amides is 2. The zero-order valence-corrected chi connectivity index (χ0v) is 24.8. The lowest BCUT2D eigenvalue weighted by atomic mass is 9.76. The summed E-state index contributed by atoms with van der Waals surface area (Å²) in [5.41, 5.74) is -1.47. The first-order chi connectivity index (χ1) is 20.6. The molecule has 2 amide bonds. The van der Waals surface area contributed by atoms with Crippen molar-refractivity contribution >= 4 is 33.2 Å². The summed E-state index contributed by atoms with van der Waals surface area (Å²) in [6, 6.07) is 18.4. The highest BCUT2D eigenvalue weighted by atomic mass is 32.2. The van der Waals surface area contributed by atoms with Crippen LogP contribution in [0.5, 0.6) is 0 Å². The fourth-order valence-electron chi connectivity index (χ4n) is 5.39. The Morgan fingerprint density at radius 3 is 2.18 bits per heavy atom. The van der Waals surface area contributed by atoms with Crippen LogP contribution in [-0.2, 0) is 32.2 Å². The molecule has 1 aliphatic heterocycles. The van der Waals surface area contributed by atoms with Crippen LogP contribution in [0.4, 0.5) is 24.5 Å². The fourth-order valence-corrected chi connectivity index (χ4v) is 6.26. The molecule has 44 heavy (non-hydrogen) atoms. The molecule has 1 unspecified atom stereocenters. The third-order valence-corrected chi connectivity index (χ3v) is 8.94. The van der Waals surface area contributed by atoms with Crippen LogP contribution in [0.1, 0.15) is 36.5 Å². The van der Waals surface area contributed by atoms with Crippen molar-refractivity contribution in [2.45, 2.75) is 38.0 Å². The van der Waals surface area contributed by atoms with Crippen molar-refractivity contribution in [2.75, 3.05) is 30.0 Å². The van der Waals surface area contributed by atoms with E-state index in [2.05, 4.69) is 10.6 Å². The van der Waals surface area contributed by atoms with Gasteiger partial charge in [-0.25, -0.2) is 12.7 Å². The predicted molar refractivity (Wildman–Crippen MR) is 159 cm³/mol. The van der Waals surface area contributed by atoms with Crippen LogP contribution in [0.3, 0.4) is 0 Å². The van der Waals surface area contributed by atoms with Gasteiger partial charge in [0.25, 0.3) is 5.91 Å². The van der Waals surface area contributed by atoms with Crippen LogP contribution in [0.25, 0.3) is 11.1 Å². The first-order valence-corrected chi connectivity index (χ1v) is 15.5. The van der Waals surface area contributed by atoms with Gasteiger partial charge in [-0.1, -0.05) is 36.4 Å². The van der Waals surface area contributed by atoms with Gasteiger partial charge in [0.2, 0.25) is 15.9 Å². The Morgan fingerprint density at radius 1 is 0.977 bits per heavy atom. The third kappa shape index (κ3) is 7.63. The average molecular weight is 629 g/mol. The summed E-state index contributed by atoms with van der Waals surface area (Å²) in [4.78, 5) is 25.1. The van der Waals surface area contributed by atoms with E-state index in [0.717, 1.165) is 29.5 Å². The summed E-state index contributed by atoms with van der Waals surface area (Å²) in [5.74, 6) is -1.88. The molecular formula is C31H31F3N4O5S. The van der Waals surface area contributed by atoms with Crippen molar-refractivity contribution in [3.05, 3.63) is 83.4 Å². The van der Waals surface area contributed by atoms with E-state index < -0.39 is 44.8 Å². The molecule has 0 spiro atoms. The molecule has 3 aromatic carbocycles. The van der Waals surface area contributed by atoms with Crippen molar-refractivity contribution in [1.29, 1.82) is 5.26 Å². The van der Waals surface area contributed by atoms with Gasteiger partial charge in [0, 0.05) is 37.8 Å². The summed E-state index contributed by atoms with van der Waals surface area (Å²) >= 11 is 0. The summed E-state index contributed by atoms with van der Waals surface area (Å²) in [6.45, 7) is 1.53. The lowest BCUT2D eigenvalue weighted by molar-refractivity contribution is -0.142. The molecule has 0 bridgehead atoms. The number of hydrogen-bond donors (Lipinski definition) is 3. The number of nitrogens with zero attached hydrogens (tertiary/aromatic N) is 2. The number of hydrogen-bond acceptors (Lipinski definition) is 6. The Balaban J connectivity index is 1.66. The highest BCUT2D eigenvalue weighted by Crippen LogP contribution is 2.36. The fraction of sp³-hybridized carbons (Fsp3) is 0.323. The van der Waals surface area contributed by atoms with E-state index in [1.54, 1.807) is 42.5 Å². The molecule has 9 nitrogen and oxygen atoms in total. The SMILES string of the molecule is CC(=O)Nc1ccc(-c2cccc(CC(O)(C(=O)Nc3ccc(C#N)c(C(F)(F)F)c3)C3CCN(S(C)(=O)=O)CC3)c2)cc1. The molecule has 0 aromatic heterocycles. The van der Waals surface area contributed by atoms with Crippen LogP contribution < -0.4 is 10.6 Å². The first-order valence-electron chi connectivity index (χ1n) is 13.7. The number of carbonyl (C=O) groups is 2. The Labute approximate surface area is 253 Å². The van der Waals surface area contributed by atoms with Crippen molar-refractivity contribution in [2.24, 2.45) is 5.92 Å². The van der Waals surface area contributed by atoms with Crippen LogP contribution in [-0.4, -0.2) is 54.6 Å². The number of carbonyl (C=O) groups excluding carboxylic acids is 2. The normalized spacial score (nSPS) is 16.0. The highest BCUT2D eigenvalue weighted by Gasteiger charge is 2.46. The Hall–Kier alpha value is -4.25. The monoisotopic (exact) mass is 628 g/mol. The molecule has 1 heterocycles. The summed E-state index contributed by atoms with van der Waals surface area (Å²) in [7, 11) is -3.50. The molecule has 1 atom stereocenters. The maximum Gasteiger partial charge on any atom is 0.417 e. The van der Waals surface area contributed by atoms with E-state index in [9.17, 15) is 36.3 Å². The summed E-state index contributed by atoms with van der Waals surface area (Å²) in [5, 5.41) is 26.2. The topological polar surface area (TPSA) is 140 Å². The molecule has 3 N–H and O–H groups in total. The minimum absolute atomic E-state index is 0.0644. The van der Waals surface area contributed by atoms with Gasteiger partial charge in [-0.3, -0.25) is 9.59 Å². The summed E-state index contributed by atoms with van der Waals surface area (Å²) in [6.07, 6.45) is -3.70. The number of benzene rings is 3. The second-order valence-corrected chi connectivity index (χ2v) is 12.8. The average Bonchev–Trinajstić information content (AvgIpc) is 2.96. The number of nitrogens with one attached hydrogen (secondary N) is 2. The van der Waals surface area contributed by atoms with Gasteiger partial charge in [0.1, 0.15) is 5.60 Å². The smallest absolute Gasteiger partial charge is 0.379 e. The lowest BCUT2D eigenvalue weighted by Crippen LogP contribution is -2.54. The number of alkyl halides is 3. The maximum absolute atomic E-state index is 13.7. The maximum atomic E-state index is 13.7. The molecule has 0 saturated carbocycles. The summed E-state index contributed by atoms with van der Waals surface area (Å²) < 4.78 is 66.1. The van der Waals surface area contributed by atoms with Crippen molar-refractivity contribution in [1.82, 2.24) is 4.31 Å². The number of rotatable bonds is 8. The number of nitriles is 1. The van der Waals surface area contributed by atoms with Crippen molar-refractivity contribution in [3.63, 3.8) is 0 Å². The van der Waals surface area contributed by atoms with Crippen LogP contribution in [0.15, 0.2) is 66.7 Å². The standard InChI is InChI=1S/C31H31F3N4O5S/c1-20(39)36-26-9-6-22(7-10-26)23-5-3-4-21(16-23)18-30(41,25-12-14-38(15-13-25)44(2,42)43)29(40)37-27-11-8-24(19-35)28(17-27)31(32,33)34/h3-11,16-17,25,41H,12-15,18H2,1-2H3,(H,36,39)(H,37,40). The van der Waals surface area contributed by atoms with Crippen LogP contribution >= 0.6 is 0 Å². The van der Waals surface area contributed by atoms with Crippen molar-refractivity contribution in [3.8, 4) is 17.2 Å².